The third-order valence-electron chi connectivity index (χ3n) is 13.3. The molecule has 270 valence electrons. The van der Waals surface area contributed by atoms with Crippen LogP contribution in [0.2, 0.25) is 0 Å². The van der Waals surface area contributed by atoms with Crippen LogP contribution in [0.3, 0.4) is 0 Å². The monoisotopic (exact) mass is 744 g/mol. The molecule has 14 aromatic rings. The van der Waals surface area contributed by atoms with E-state index in [0.717, 1.165) is 16.6 Å². The van der Waals surface area contributed by atoms with Crippen molar-refractivity contribution in [1.29, 1.82) is 0 Å². The van der Waals surface area contributed by atoms with Crippen LogP contribution in [0, 0.1) is 0 Å². The maximum absolute atomic E-state index is 6.63. The lowest BCUT2D eigenvalue weighted by Crippen LogP contribution is -1.93. The fraction of sp³-hybridized carbons (Fsp3) is 0. The highest BCUT2D eigenvalue weighted by Gasteiger charge is 2.21. The van der Waals surface area contributed by atoms with Crippen molar-refractivity contribution in [3.05, 3.63) is 194 Å². The summed E-state index contributed by atoms with van der Waals surface area (Å²) in [7, 11) is 0. The van der Waals surface area contributed by atoms with Crippen LogP contribution in [0.25, 0.3) is 141 Å². The Balaban J connectivity index is 1.06. The Morgan fingerprint density at radius 3 is 1.47 bits per heavy atom. The van der Waals surface area contributed by atoms with Gasteiger partial charge in [0.2, 0.25) is 0 Å². The SMILES string of the molecule is c1ccc2c(c1)ccc1oc3cc4c5ccc(-c6c7ccccc7c(-c7ccc8ccc9cccc%10ccc7c8c9%10)c7ccccc67)cc5c5ccccc5c4cc3c12. The van der Waals surface area contributed by atoms with Crippen molar-refractivity contribution in [2.75, 3.05) is 0 Å². The molecule has 1 heterocycles. The first-order valence-corrected chi connectivity index (χ1v) is 20.5. The van der Waals surface area contributed by atoms with E-state index in [0.29, 0.717) is 0 Å². The fourth-order valence-electron chi connectivity index (χ4n) is 10.8. The topological polar surface area (TPSA) is 13.1 Å². The Labute approximate surface area is 338 Å². The lowest BCUT2D eigenvalue weighted by Gasteiger charge is -2.20. The smallest absolute Gasteiger partial charge is 0.136 e. The van der Waals surface area contributed by atoms with E-state index in [2.05, 4.69) is 194 Å². The van der Waals surface area contributed by atoms with E-state index in [9.17, 15) is 0 Å². The lowest BCUT2D eigenvalue weighted by atomic mass is 9.83. The molecule has 0 aliphatic carbocycles. The predicted octanol–water partition coefficient (Wildman–Crippen LogP) is 16.7. The molecule has 0 amide bonds. The summed E-state index contributed by atoms with van der Waals surface area (Å²) in [5.74, 6) is 0. The van der Waals surface area contributed by atoms with Gasteiger partial charge in [-0.25, -0.2) is 0 Å². The molecule has 14 rings (SSSR count). The molecule has 1 heteroatoms. The van der Waals surface area contributed by atoms with Crippen LogP contribution in [0.15, 0.2) is 199 Å². The molecular formula is C58H32O. The second-order valence-electron chi connectivity index (χ2n) is 16.3. The van der Waals surface area contributed by atoms with E-state index in [1.165, 1.54) is 125 Å². The van der Waals surface area contributed by atoms with Crippen molar-refractivity contribution in [2.24, 2.45) is 0 Å². The van der Waals surface area contributed by atoms with Gasteiger partial charge in [0.1, 0.15) is 11.2 Å². The fourth-order valence-corrected chi connectivity index (χ4v) is 10.8. The summed E-state index contributed by atoms with van der Waals surface area (Å²) in [6, 6.07) is 72.2. The Morgan fingerprint density at radius 2 is 0.746 bits per heavy atom. The van der Waals surface area contributed by atoms with E-state index in [-0.39, 0.29) is 0 Å². The quantitative estimate of drug-likeness (QED) is 0.127. The largest absolute Gasteiger partial charge is 0.456 e. The first kappa shape index (κ1) is 31.4. The lowest BCUT2D eigenvalue weighted by molar-refractivity contribution is 0.670. The van der Waals surface area contributed by atoms with Gasteiger partial charge in [-0.3, -0.25) is 0 Å². The number of fused-ring (bicyclic) bond motifs is 13. The van der Waals surface area contributed by atoms with Gasteiger partial charge in [-0.05, 0) is 143 Å². The molecule has 0 spiro atoms. The summed E-state index contributed by atoms with van der Waals surface area (Å²) in [6.07, 6.45) is 0. The molecular weight excluding hydrogens is 713 g/mol. The number of hydrogen-bond acceptors (Lipinski definition) is 1. The zero-order valence-corrected chi connectivity index (χ0v) is 31.9. The van der Waals surface area contributed by atoms with Crippen molar-refractivity contribution in [3.8, 4) is 22.3 Å². The standard InChI is InChI=1S/C58H32O/c1-2-13-38-33(10-1)25-29-52-58(38)51-31-49-40-15-4-3-14-39(40)48-30-37(24-26-41(48)50(49)32-53(51)59-52)55-42-16-5-7-18-44(42)57(45-19-8-6-17-43(45)55)47-28-23-36-21-20-34-11-9-12-35-22-27-46(47)56(36)54(34)35/h1-32H. The first-order chi connectivity index (χ1) is 29.3. The Hall–Kier alpha value is -7.74. The minimum atomic E-state index is 0.920. The van der Waals surface area contributed by atoms with Gasteiger partial charge in [0.15, 0.2) is 0 Å². The van der Waals surface area contributed by atoms with Crippen LogP contribution >= 0.6 is 0 Å². The van der Waals surface area contributed by atoms with Crippen molar-refractivity contribution in [3.63, 3.8) is 0 Å². The van der Waals surface area contributed by atoms with Crippen LogP contribution in [0.5, 0.6) is 0 Å². The molecule has 0 saturated heterocycles. The van der Waals surface area contributed by atoms with Gasteiger partial charge in [0, 0.05) is 10.8 Å². The number of furan rings is 1. The van der Waals surface area contributed by atoms with Gasteiger partial charge in [-0.1, -0.05) is 170 Å². The van der Waals surface area contributed by atoms with Gasteiger partial charge in [-0.15, -0.1) is 0 Å². The summed E-state index contributed by atoms with van der Waals surface area (Å²) in [6.45, 7) is 0. The van der Waals surface area contributed by atoms with Gasteiger partial charge in [0.05, 0.1) is 0 Å². The molecule has 0 saturated carbocycles. The molecule has 0 radical (unpaired) electrons. The summed E-state index contributed by atoms with van der Waals surface area (Å²) in [4.78, 5) is 0. The van der Waals surface area contributed by atoms with Crippen LogP contribution in [-0.2, 0) is 0 Å². The Bertz CT molecular complexity index is 4060. The van der Waals surface area contributed by atoms with Gasteiger partial charge in [0.25, 0.3) is 0 Å². The molecule has 0 bridgehead atoms. The van der Waals surface area contributed by atoms with Crippen LogP contribution in [-0.4, -0.2) is 0 Å². The van der Waals surface area contributed by atoms with Gasteiger partial charge >= 0.3 is 0 Å². The van der Waals surface area contributed by atoms with E-state index >= 15 is 0 Å². The van der Waals surface area contributed by atoms with E-state index in [1.54, 1.807) is 0 Å². The van der Waals surface area contributed by atoms with Crippen molar-refractivity contribution in [2.45, 2.75) is 0 Å². The maximum Gasteiger partial charge on any atom is 0.136 e. The van der Waals surface area contributed by atoms with Crippen molar-refractivity contribution < 1.29 is 4.42 Å². The summed E-state index contributed by atoms with van der Waals surface area (Å²) in [5, 5.41) is 25.1. The molecule has 1 nitrogen and oxygen atoms in total. The molecule has 0 atom stereocenters. The highest BCUT2D eigenvalue weighted by molar-refractivity contribution is 6.32. The molecule has 0 unspecified atom stereocenters. The summed E-state index contributed by atoms with van der Waals surface area (Å²) >= 11 is 0. The number of hydrogen-bond donors (Lipinski definition) is 0. The van der Waals surface area contributed by atoms with Gasteiger partial charge < -0.3 is 4.42 Å². The van der Waals surface area contributed by atoms with E-state index < -0.39 is 0 Å². The highest BCUT2D eigenvalue weighted by atomic mass is 16.3. The second-order valence-corrected chi connectivity index (χ2v) is 16.3. The summed E-state index contributed by atoms with van der Waals surface area (Å²) < 4.78 is 6.63. The maximum atomic E-state index is 6.63. The van der Waals surface area contributed by atoms with Crippen molar-refractivity contribution in [1.82, 2.24) is 0 Å². The molecule has 0 fully saturated rings. The number of rotatable bonds is 2. The zero-order chi connectivity index (χ0) is 38.3. The minimum absolute atomic E-state index is 0.920. The molecule has 0 aliphatic heterocycles. The zero-order valence-electron chi connectivity index (χ0n) is 31.9. The molecule has 0 aliphatic rings. The molecule has 13 aromatic carbocycles. The normalized spacial score (nSPS) is 12.4. The average molecular weight is 745 g/mol. The van der Waals surface area contributed by atoms with E-state index in [4.69, 9.17) is 4.42 Å². The van der Waals surface area contributed by atoms with Crippen LogP contribution in [0.4, 0.5) is 0 Å². The third kappa shape index (κ3) is 4.18. The first-order valence-electron chi connectivity index (χ1n) is 20.5. The molecule has 0 N–H and O–H groups in total. The second kappa shape index (κ2) is 11.4. The van der Waals surface area contributed by atoms with Crippen molar-refractivity contribution >= 4 is 119 Å². The Morgan fingerprint density at radius 1 is 0.237 bits per heavy atom. The minimum Gasteiger partial charge on any atom is -0.456 e. The highest BCUT2D eigenvalue weighted by Crippen LogP contribution is 2.49. The molecule has 1 aromatic heterocycles. The summed E-state index contributed by atoms with van der Waals surface area (Å²) in [5.41, 5.74) is 6.89. The van der Waals surface area contributed by atoms with Crippen LogP contribution in [0.1, 0.15) is 0 Å². The van der Waals surface area contributed by atoms with E-state index in [1.807, 2.05) is 0 Å². The Kier molecular flexibility index (Phi) is 6.08. The average Bonchev–Trinajstić information content (AvgIpc) is 3.67. The number of benzene rings is 13. The van der Waals surface area contributed by atoms with Gasteiger partial charge in [-0.2, -0.15) is 0 Å². The molecule has 59 heavy (non-hydrogen) atoms. The third-order valence-corrected chi connectivity index (χ3v) is 13.3. The van der Waals surface area contributed by atoms with Crippen LogP contribution < -0.4 is 0 Å². The predicted molar refractivity (Wildman–Crippen MR) is 253 cm³/mol.